The van der Waals surface area contributed by atoms with E-state index in [4.69, 9.17) is 4.42 Å². The first-order valence-electron chi connectivity index (χ1n) is 8.04. The highest BCUT2D eigenvalue weighted by Gasteiger charge is 2.07. The van der Waals surface area contributed by atoms with Gasteiger partial charge in [-0.15, -0.1) is 0 Å². The molecule has 2 rings (SSSR count). The molecule has 2 N–H and O–H groups in total. The highest BCUT2D eigenvalue weighted by Crippen LogP contribution is 2.07. The van der Waals surface area contributed by atoms with Gasteiger partial charge in [0.15, 0.2) is 5.96 Å². The Hall–Kier alpha value is -2.83. The number of furan rings is 1. The smallest absolute Gasteiger partial charge is 0.241 e. The van der Waals surface area contributed by atoms with Crippen molar-refractivity contribution in [3.05, 3.63) is 59.8 Å². The molecule has 0 radical (unpaired) electrons. The van der Waals surface area contributed by atoms with Gasteiger partial charge in [-0.05, 0) is 18.2 Å². The van der Waals surface area contributed by atoms with E-state index in [0.717, 1.165) is 5.76 Å². The van der Waals surface area contributed by atoms with Gasteiger partial charge in [-0.25, -0.2) is 9.38 Å². The fourth-order valence-corrected chi connectivity index (χ4v) is 2.04. The molecule has 0 unspecified atom stereocenters. The fourth-order valence-electron chi connectivity index (χ4n) is 2.04. The molecule has 0 fully saturated rings. The Morgan fingerprint density at radius 3 is 2.68 bits per heavy atom. The Bertz CT molecular complexity index is 699. The summed E-state index contributed by atoms with van der Waals surface area (Å²) in [7, 11) is 3.37. The van der Waals surface area contributed by atoms with Crippen molar-refractivity contribution in [2.24, 2.45) is 4.99 Å². The molecule has 1 aromatic heterocycles. The Morgan fingerprint density at radius 2 is 2.00 bits per heavy atom. The molecule has 0 bridgehead atoms. The Kier molecular flexibility index (Phi) is 7.00. The third-order valence-corrected chi connectivity index (χ3v) is 3.52. The van der Waals surface area contributed by atoms with E-state index in [1.165, 1.54) is 11.0 Å². The molecule has 1 heterocycles. The van der Waals surface area contributed by atoms with Gasteiger partial charge in [0.2, 0.25) is 5.91 Å². The molecule has 7 heteroatoms. The number of amides is 1. The molecule has 0 atom stereocenters. The van der Waals surface area contributed by atoms with Gasteiger partial charge in [0.25, 0.3) is 0 Å². The van der Waals surface area contributed by atoms with Gasteiger partial charge in [-0.3, -0.25) is 4.79 Å². The van der Waals surface area contributed by atoms with Crippen molar-refractivity contribution >= 4 is 11.9 Å². The van der Waals surface area contributed by atoms with Crippen LogP contribution in [0.25, 0.3) is 0 Å². The summed E-state index contributed by atoms with van der Waals surface area (Å²) in [6, 6.07) is 10.2. The van der Waals surface area contributed by atoms with Crippen LogP contribution < -0.4 is 10.6 Å². The van der Waals surface area contributed by atoms with Gasteiger partial charge >= 0.3 is 0 Å². The summed E-state index contributed by atoms with van der Waals surface area (Å²) < 4.78 is 19.0. The minimum atomic E-state index is -0.300. The zero-order valence-corrected chi connectivity index (χ0v) is 14.5. The van der Waals surface area contributed by atoms with Crippen molar-refractivity contribution in [1.82, 2.24) is 15.5 Å². The first kappa shape index (κ1) is 18.5. The average Bonchev–Trinajstić information content (AvgIpc) is 3.11. The van der Waals surface area contributed by atoms with E-state index in [2.05, 4.69) is 15.6 Å². The number of hydrogen-bond donors (Lipinski definition) is 2. The van der Waals surface area contributed by atoms with Gasteiger partial charge in [-0.2, -0.15) is 0 Å². The number of carbonyl (C=O) groups excluding carboxylic acids is 1. The normalized spacial score (nSPS) is 11.2. The molecule has 0 saturated heterocycles. The largest absolute Gasteiger partial charge is 0.469 e. The molecular weight excluding hydrogens is 323 g/mol. The highest BCUT2D eigenvalue weighted by atomic mass is 19.1. The standard InChI is InChI=1S/C18H23FN4O2/c1-23(2)17(24)13-22-18(20-10-9-15-7-5-11-25-15)21-12-14-6-3-4-8-16(14)19/h3-8,11H,9-10,12-13H2,1-2H3,(H2,20,21,22). The molecule has 0 aliphatic carbocycles. The summed E-state index contributed by atoms with van der Waals surface area (Å²) in [5.41, 5.74) is 0.494. The Morgan fingerprint density at radius 1 is 1.20 bits per heavy atom. The van der Waals surface area contributed by atoms with Crippen molar-refractivity contribution < 1.29 is 13.6 Å². The van der Waals surface area contributed by atoms with Crippen molar-refractivity contribution in [2.45, 2.75) is 13.0 Å². The van der Waals surface area contributed by atoms with E-state index in [1.54, 1.807) is 38.6 Å². The van der Waals surface area contributed by atoms with Crippen LogP contribution in [0, 0.1) is 5.82 Å². The van der Waals surface area contributed by atoms with Crippen LogP contribution in [0.3, 0.4) is 0 Å². The number of carbonyl (C=O) groups is 1. The van der Waals surface area contributed by atoms with Crippen LogP contribution in [0.4, 0.5) is 4.39 Å². The van der Waals surface area contributed by atoms with E-state index in [0.29, 0.717) is 24.5 Å². The molecule has 134 valence electrons. The lowest BCUT2D eigenvalue weighted by Crippen LogP contribution is -2.43. The zero-order valence-electron chi connectivity index (χ0n) is 14.5. The second-order valence-electron chi connectivity index (χ2n) is 5.65. The summed E-state index contributed by atoms with van der Waals surface area (Å²) in [6.07, 6.45) is 2.30. The molecule has 1 amide bonds. The van der Waals surface area contributed by atoms with Crippen molar-refractivity contribution in [3.63, 3.8) is 0 Å². The summed E-state index contributed by atoms with van der Waals surface area (Å²) >= 11 is 0. The molecule has 0 aliphatic heterocycles. The van der Waals surface area contributed by atoms with Crippen LogP contribution in [0.1, 0.15) is 11.3 Å². The maximum atomic E-state index is 13.7. The van der Waals surface area contributed by atoms with Crippen LogP contribution in [0.2, 0.25) is 0 Å². The number of likely N-dealkylation sites (N-methyl/N-ethyl adjacent to an activating group) is 1. The second-order valence-corrected chi connectivity index (χ2v) is 5.65. The minimum absolute atomic E-state index is 0.0774. The summed E-state index contributed by atoms with van der Waals surface area (Å²) in [5, 5.41) is 6.09. The van der Waals surface area contributed by atoms with Crippen molar-refractivity contribution in [3.8, 4) is 0 Å². The van der Waals surface area contributed by atoms with Crippen LogP contribution >= 0.6 is 0 Å². The number of nitrogens with zero attached hydrogens (tertiary/aromatic N) is 2. The van der Waals surface area contributed by atoms with Crippen LogP contribution in [-0.2, 0) is 17.8 Å². The van der Waals surface area contributed by atoms with E-state index >= 15 is 0 Å². The van der Waals surface area contributed by atoms with Gasteiger partial charge < -0.3 is 20.0 Å². The first-order valence-corrected chi connectivity index (χ1v) is 8.04. The molecule has 0 spiro atoms. The average molecular weight is 346 g/mol. The van der Waals surface area contributed by atoms with E-state index in [-0.39, 0.29) is 24.8 Å². The molecule has 0 saturated carbocycles. The van der Waals surface area contributed by atoms with Gasteiger partial charge in [0.05, 0.1) is 19.4 Å². The third kappa shape index (κ3) is 6.29. The molecular formula is C18H23FN4O2. The second kappa shape index (κ2) is 9.46. The quantitative estimate of drug-likeness (QED) is 0.592. The summed E-state index contributed by atoms with van der Waals surface area (Å²) in [6.45, 7) is 0.864. The number of hydrogen-bond acceptors (Lipinski definition) is 3. The van der Waals surface area contributed by atoms with Gasteiger partial charge in [0, 0.05) is 32.6 Å². The first-order chi connectivity index (χ1) is 12.1. The molecule has 25 heavy (non-hydrogen) atoms. The molecule has 2 aromatic rings. The number of guanidine groups is 1. The number of benzene rings is 1. The predicted octanol–water partition coefficient (Wildman–Crippen LogP) is 1.78. The molecule has 0 aliphatic rings. The maximum Gasteiger partial charge on any atom is 0.241 e. The Labute approximate surface area is 146 Å². The number of rotatable bonds is 7. The van der Waals surface area contributed by atoms with Crippen LogP contribution in [0.5, 0.6) is 0 Å². The summed E-state index contributed by atoms with van der Waals surface area (Å²) in [4.78, 5) is 17.6. The lowest BCUT2D eigenvalue weighted by atomic mass is 10.2. The van der Waals surface area contributed by atoms with Crippen LogP contribution in [-0.4, -0.2) is 44.0 Å². The highest BCUT2D eigenvalue weighted by molar-refractivity contribution is 5.86. The molecule has 6 nitrogen and oxygen atoms in total. The lowest BCUT2D eigenvalue weighted by Gasteiger charge is -2.15. The molecule has 1 aromatic carbocycles. The van der Waals surface area contributed by atoms with E-state index in [9.17, 15) is 9.18 Å². The van der Waals surface area contributed by atoms with Crippen molar-refractivity contribution in [2.75, 3.05) is 27.2 Å². The summed E-state index contributed by atoms with van der Waals surface area (Å²) in [5.74, 6) is 0.923. The topological polar surface area (TPSA) is 69.9 Å². The van der Waals surface area contributed by atoms with Crippen LogP contribution in [0.15, 0.2) is 52.1 Å². The lowest BCUT2D eigenvalue weighted by molar-refractivity contribution is -0.127. The SMILES string of the molecule is CN(C)C(=O)CNC(=NCc1ccccc1F)NCCc1ccco1. The van der Waals surface area contributed by atoms with Crippen molar-refractivity contribution in [1.29, 1.82) is 0 Å². The van der Waals surface area contributed by atoms with E-state index < -0.39 is 0 Å². The fraction of sp³-hybridized carbons (Fsp3) is 0.333. The third-order valence-electron chi connectivity index (χ3n) is 3.52. The van der Waals surface area contributed by atoms with Gasteiger partial charge in [-0.1, -0.05) is 18.2 Å². The number of aliphatic imine (C=N–C) groups is 1. The maximum absolute atomic E-state index is 13.7. The monoisotopic (exact) mass is 346 g/mol. The predicted molar refractivity (Wildman–Crippen MR) is 94.7 cm³/mol. The van der Waals surface area contributed by atoms with Gasteiger partial charge in [0.1, 0.15) is 11.6 Å². The zero-order chi connectivity index (χ0) is 18.1. The Balaban J connectivity index is 1.95. The minimum Gasteiger partial charge on any atom is -0.469 e. The number of halogens is 1. The number of nitrogens with one attached hydrogen (secondary N) is 2. The van der Waals surface area contributed by atoms with E-state index in [1.807, 2.05) is 12.1 Å².